The first kappa shape index (κ1) is 12.7. The third-order valence-electron chi connectivity index (χ3n) is 2.23. The van der Waals surface area contributed by atoms with E-state index in [9.17, 15) is 21.6 Å². The number of alkyl halides is 3. The smallest absolute Gasteiger partial charge is 0.252 e. The van der Waals surface area contributed by atoms with Crippen LogP contribution >= 0.6 is 0 Å². The number of benzene rings is 1. The molecule has 1 aromatic heterocycles. The van der Waals surface area contributed by atoms with Gasteiger partial charge in [-0.25, -0.2) is 13.4 Å². The van der Waals surface area contributed by atoms with Crippen molar-refractivity contribution in [3.05, 3.63) is 30.0 Å². The molecule has 0 fully saturated rings. The van der Waals surface area contributed by atoms with Gasteiger partial charge in [-0.2, -0.15) is 13.2 Å². The van der Waals surface area contributed by atoms with Crippen LogP contribution in [0, 0.1) is 0 Å². The second-order valence-electron chi connectivity index (χ2n) is 3.68. The van der Waals surface area contributed by atoms with Crippen molar-refractivity contribution in [3.8, 4) is 0 Å². The Hall–Kier alpha value is -1.70. The van der Waals surface area contributed by atoms with E-state index in [1.807, 2.05) is 0 Å². The van der Waals surface area contributed by atoms with Gasteiger partial charge in [-0.1, -0.05) is 0 Å². The Labute approximate surface area is 100 Å². The highest BCUT2D eigenvalue weighted by Gasteiger charge is 2.30. The fourth-order valence-corrected chi connectivity index (χ4v) is 1.86. The molecule has 0 bridgehead atoms. The van der Waals surface area contributed by atoms with Crippen LogP contribution in [0.25, 0.3) is 11.0 Å². The van der Waals surface area contributed by atoms with Crippen molar-refractivity contribution >= 4 is 20.9 Å². The summed E-state index contributed by atoms with van der Waals surface area (Å²) in [5.74, 6) is 0. The van der Waals surface area contributed by atoms with Gasteiger partial charge in [-0.05, 0) is 18.2 Å². The lowest BCUT2D eigenvalue weighted by Crippen LogP contribution is -2.06. The topological polar surface area (TPSA) is 59.9 Å². The van der Waals surface area contributed by atoms with Crippen molar-refractivity contribution in [2.24, 2.45) is 0 Å². The van der Waals surface area contributed by atoms with E-state index < -0.39 is 21.6 Å². The van der Waals surface area contributed by atoms with Crippen LogP contribution < -0.4 is 0 Å². The van der Waals surface area contributed by atoms with E-state index in [0.29, 0.717) is 0 Å². The lowest BCUT2D eigenvalue weighted by Gasteiger charge is -2.07. The molecule has 0 saturated carbocycles. The molecular formula is C10H7F3N2O2S. The molecular weight excluding hydrogens is 269 g/mol. The fourth-order valence-electron chi connectivity index (χ4n) is 1.35. The first-order valence-electron chi connectivity index (χ1n) is 4.72. The van der Waals surface area contributed by atoms with Gasteiger partial charge >= 0.3 is 6.18 Å². The minimum atomic E-state index is -4.47. The molecule has 1 heterocycles. The van der Waals surface area contributed by atoms with Crippen LogP contribution in [-0.4, -0.2) is 24.6 Å². The first-order valence-corrected chi connectivity index (χ1v) is 6.61. The van der Waals surface area contributed by atoms with E-state index in [4.69, 9.17) is 0 Å². The molecule has 0 aliphatic carbocycles. The minimum absolute atomic E-state index is 0.00257. The lowest BCUT2D eigenvalue weighted by molar-refractivity contribution is -0.137. The molecule has 0 saturated heterocycles. The summed E-state index contributed by atoms with van der Waals surface area (Å²) in [7, 11) is -3.53. The summed E-state index contributed by atoms with van der Waals surface area (Å²) in [6, 6.07) is 2.76. The summed E-state index contributed by atoms with van der Waals surface area (Å²) in [5, 5.41) is -0.269. The molecule has 8 heteroatoms. The number of sulfone groups is 1. The van der Waals surface area contributed by atoms with E-state index in [0.717, 1.165) is 30.7 Å². The second kappa shape index (κ2) is 3.91. The van der Waals surface area contributed by atoms with Crippen molar-refractivity contribution in [1.29, 1.82) is 0 Å². The highest BCUT2D eigenvalue weighted by molar-refractivity contribution is 7.90. The quantitative estimate of drug-likeness (QED) is 0.799. The zero-order valence-corrected chi connectivity index (χ0v) is 9.88. The molecule has 0 aliphatic heterocycles. The van der Waals surface area contributed by atoms with Crippen LogP contribution in [0.5, 0.6) is 0 Å². The average Bonchev–Trinajstić information content (AvgIpc) is 2.25. The van der Waals surface area contributed by atoms with Gasteiger partial charge < -0.3 is 0 Å². The molecule has 0 amide bonds. The molecule has 96 valence electrons. The number of nitrogens with zero attached hydrogens (tertiary/aromatic N) is 2. The Bertz CT molecular complexity index is 711. The number of rotatable bonds is 1. The highest BCUT2D eigenvalue weighted by atomic mass is 32.2. The van der Waals surface area contributed by atoms with Crippen LogP contribution in [0.2, 0.25) is 0 Å². The van der Waals surface area contributed by atoms with E-state index in [-0.39, 0.29) is 16.1 Å². The summed E-state index contributed by atoms with van der Waals surface area (Å²) in [6.45, 7) is 0. The third kappa shape index (κ3) is 2.42. The molecule has 0 radical (unpaired) electrons. The second-order valence-corrected chi connectivity index (χ2v) is 5.64. The minimum Gasteiger partial charge on any atom is -0.252 e. The molecule has 0 N–H and O–H groups in total. The van der Waals surface area contributed by atoms with E-state index in [2.05, 4.69) is 9.97 Å². The molecule has 18 heavy (non-hydrogen) atoms. The molecule has 0 atom stereocenters. The van der Waals surface area contributed by atoms with Crippen LogP contribution in [-0.2, 0) is 16.0 Å². The standard InChI is InChI=1S/C10H7F3N2O2S/c1-18(16,17)9-5-14-8-4-6(10(11,12)13)2-3-7(8)15-9/h2-5H,1H3. The van der Waals surface area contributed by atoms with Crippen molar-refractivity contribution in [2.45, 2.75) is 11.2 Å². The summed E-state index contributed by atoms with van der Waals surface area (Å²) >= 11 is 0. The summed E-state index contributed by atoms with van der Waals surface area (Å²) < 4.78 is 59.8. The van der Waals surface area contributed by atoms with Crippen LogP contribution in [0.4, 0.5) is 13.2 Å². The third-order valence-corrected chi connectivity index (χ3v) is 3.18. The van der Waals surface area contributed by atoms with Crippen LogP contribution in [0.1, 0.15) is 5.56 Å². The van der Waals surface area contributed by atoms with Gasteiger partial charge in [0.2, 0.25) is 0 Å². The van der Waals surface area contributed by atoms with Gasteiger partial charge in [0.1, 0.15) is 0 Å². The maximum Gasteiger partial charge on any atom is 0.416 e. The molecule has 2 aromatic rings. The van der Waals surface area contributed by atoms with E-state index in [1.54, 1.807) is 0 Å². The number of aromatic nitrogens is 2. The van der Waals surface area contributed by atoms with Crippen LogP contribution in [0.15, 0.2) is 29.4 Å². The fraction of sp³-hybridized carbons (Fsp3) is 0.200. The normalized spacial score (nSPS) is 12.9. The van der Waals surface area contributed by atoms with Gasteiger partial charge in [0.25, 0.3) is 0 Å². The van der Waals surface area contributed by atoms with Crippen molar-refractivity contribution in [1.82, 2.24) is 9.97 Å². The maximum atomic E-state index is 12.4. The SMILES string of the molecule is CS(=O)(=O)c1cnc2cc(C(F)(F)F)ccc2n1. The Kier molecular flexibility index (Phi) is 2.77. The Morgan fingerprint density at radius 1 is 1.17 bits per heavy atom. The average molecular weight is 276 g/mol. The maximum absolute atomic E-state index is 12.4. The zero-order valence-electron chi connectivity index (χ0n) is 9.06. The highest BCUT2D eigenvalue weighted by Crippen LogP contribution is 2.30. The van der Waals surface area contributed by atoms with Gasteiger partial charge in [0.05, 0.1) is 22.8 Å². The van der Waals surface area contributed by atoms with Crippen molar-refractivity contribution in [3.63, 3.8) is 0 Å². The van der Waals surface area contributed by atoms with Gasteiger partial charge in [0.15, 0.2) is 14.9 Å². The largest absolute Gasteiger partial charge is 0.416 e. The number of hydrogen-bond donors (Lipinski definition) is 0. The predicted octanol–water partition coefficient (Wildman–Crippen LogP) is 2.05. The molecule has 0 aliphatic rings. The van der Waals surface area contributed by atoms with Crippen molar-refractivity contribution in [2.75, 3.05) is 6.26 Å². The Balaban J connectivity index is 2.63. The summed E-state index contributed by atoms with van der Waals surface area (Å²) in [5.41, 5.74) is -0.750. The Morgan fingerprint density at radius 2 is 1.83 bits per heavy atom. The molecule has 1 aromatic carbocycles. The van der Waals surface area contributed by atoms with Gasteiger partial charge in [-0.15, -0.1) is 0 Å². The van der Waals surface area contributed by atoms with Crippen molar-refractivity contribution < 1.29 is 21.6 Å². The monoisotopic (exact) mass is 276 g/mol. The summed E-state index contributed by atoms with van der Waals surface area (Å²) in [6.07, 6.45) is -2.57. The number of halogens is 3. The van der Waals surface area contributed by atoms with Crippen LogP contribution in [0.3, 0.4) is 0 Å². The summed E-state index contributed by atoms with van der Waals surface area (Å²) in [4.78, 5) is 7.43. The molecule has 4 nitrogen and oxygen atoms in total. The zero-order chi connectivity index (χ0) is 13.6. The van der Waals surface area contributed by atoms with Gasteiger partial charge in [0, 0.05) is 6.26 Å². The lowest BCUT2D eigenvalue weighted by atomic mass is 10.2. The predicted molar refractivity (Wildman–Crippen MR) is 57.6 cm³/mol. The Morgan fingerprint density at radius 3 is 2.39 bits per heavy atom. The molecule has 0 unspecified atom stereocenters. The van der Waals surface area contributed by atoms with E-state index >= 15 is 0 Å². The molecule has 2 rings (SSSR count). The van der Waals surface area contributed by atoms with Gasteiger partial charge in [-0.3, -0.25) is 4.98 Å². The first-order chi connectivity index (χ1) is 8.18. The number of hydrogen-bond acceptors (Lipinski definition) is 4. The number of fused-ring (bicyclic) bond motifs is 1. The molecule has 0 spiro atoms. The van der Waals surface area contributed by atoms with E-state index in [1.165, 1.54) is 0 Å².